The molecule has 0 bridgehead atoms. The van der Waals surface area contributed by atoms with E-state index in [0.29, 0.717) is 66.9 Å². The number of aliphatic hydroxyl groups excluding tert-OH is 2. The Kier molecular flexibility index (Phi) is 13.4. The zero-order valence-electron chi connectivity index (χ0n) is 33.6. The minimum Gasteiger partial charge on any atom is -0.497 e. The minimum absolute atomic E-state index is 0.0606. The van der Waals surface area contributed by atoms with E-state index in [0.717, 1.165) is 5.70 Å². The van der Waals surface area contributed by atoms with Crippen LogP contribution < -0.4 is 25.6 Å². The van der Waals surface area contributed by atoms with Gasteiger partial charge in [0.2, 0.25) is 17.5 Å². The highest BCUT2D eigenvalue weighted by Gasteiger charge is 2.56. The molecule has 2 amide bonds. The lowest BCUT2D eigenvalue weighted by Crippen LogP contribution is -2.56. The van der Waals surface area contributed by atoms with Gasteiger partial charge in [0.25, 0.3) is 0 Å². The Labute approximate surface area is 337 Å². The van der Waals surface area contributed by atoms with Crippen LogP contribution in [0, 0.1) is 18.3 Å². The van der Waals surface area contributed by atoms with Gasteiger partial charge in [-0.3, -0.25) is 9.36 Å². The quantitative estimate of drug-likeness (QED) is 0.104. The van der Waals surface area contributed by atoms with Gasteiger partial charge in [0.15, 0.2) is 23.2 Å². The molecule has 18 heteroatoms. The summed E-state index contributed by atoms with van der Waals surface area (Å²) in [6, 6.07) is 4.81. The number of allylic oxidation sites excluding steroid dienone is 1. The molecule has 6 rings (SSSR count). The van der Waals surface area contributed by atoms with Crippen LogP contribution in [0.2, 0.25) is 0 Å². The molecule has 1 saturated carbocycles. The number of aliphatic hydroxyl groups is 2. The number of nitrogens with zero attached hydrogens (tertiary/aromatic N) is 5. The van der Waals surface area contributed by atoms with Crippen LogP contribution in [0.25, 0.3) is 11.2 Å². The maximum atomic E-state index is 14.1. The van der Waals surface area contributed by atoms with Crippen LogP contribution in [-0.4, -0.2) is 118 Å². The van der Waals surface area contributed by atoms with E-state index >= 15 is 0 Å². The molecule has 5 N–H and O–H groups in total. The minimum atomic E-state index is -1.34. The molecule has 4 heterocycles. The Morgan fingerprint density at radius 3 is 2.67 bits per heavy atom. The Bertz CT molecular complexity index is 1960. The number of alkyl carbamates (subject to hydrolysis) is 1. The Balaban J connectivity index is 1.14. The first-order valence-corrected chi connectivity index (χ1v) is 19.4. The van der Waals surface area contributed by atoms with Crippen molar-refractivity contribution in [1.82, 2.24) is 35.5 Å². The molecule has 2 aliphatic heterocycles. The zero-order valence-corrected chi connectivity index (χ0v) is 33.6. The summed E-state index contributed by atoms with van der Waals surface area (Å²) in [6.07, 6.45) is 6.57. The number of terminal acetylenes is 1. The third-order valence-electron chi connectivity index (χ3n) is 10.9. The normalized spacial score (nSPS) is 27.7. The number of carbonyl (C=O) groups is 2. The number of amides is 2. The number of ether oxygens (including phenoxy) is 4. The molecule has 0 radical (unpaired) electrons. The van der Waals surface area contributed by atoms with Crippen molar-refractivity contribution >= 4 is 29.0 Å². The molecular weight excluding hydrogens is 752 g/mol. The summed E-state index contributed by atoms with van der Waals surface area (Å²) in [4.78, 5) is 54.3. The maximum Gasteiger partial charge on any atom is 0.408 e. The Morgan fingerprint density at radius 2 is 1.98 bits per heavy atom. The number of carbonyl (C=O) groups excluding carboxylic acids is 2. The number of nitrogens with one attached hydrogen (secondary N) is 3. The van der Waals surface area contributed by atoms with Gasteiger partial charge in [-0.1, -0.05) is 31.6 Å². The van der Waals surface area contributed by atoms with Crippen LogP contribution in [0.1, 0.15) is 64.2 Å². The van der Waals surface area contributed by atoms with Crippen LogP contribution in [-0.2, 0) is 35.2 Å². The molecule has 1 aliphatic carbocycles. The molecule has 314 valence electrons. The molecule has 3 aliphatic rings. The molecular formula is C40H54N8O10. The summed E-state index contributed by atoms with van der Waals surface area (Å²) >= 11 is 0. The van der Waals surface area contributed by atoms with E-state index in [2.05, 4.69) is 43.4 Å². The highest BCUT2D eigenvalue weighted by atomic mass is 17.3. The number of hydrogen-bond donors (Lipinski definition) is 5. The molecule has 3 aromatic rings. The number of hydrogen-bond acceptors (Lipinski definition) is 15. The fourth-order valence-corrected chi connectivity index (χ4v) is 7.84. The Morgan fingerprint density at radius 1 is 1.21 bits per heavy atom. The van der Waals surface area contributed by atoms with Crippen LogP contribution in [0.15, 0.2) is 49.2 Å². The molecule has 2 saturated heterocycles. The van der Waals surface area contributed by atoms with Crippen LogP contribution in [0.4, 0.5) is 10.6 Å². The van der Waals surface area contributed by atoms with E-state index in [9.17, 15) is 19.8 Å². The summed E-state index contributed by atoms with van der Waals surface area (Å²) in [5.74, 6) is 0.746. The smallest absolute Gasteiger partial charge is 0.408 e. The van der Waals surface area contributed by atoms with Crippen molar-refractivity contribution in [2.75, 3.05) is 39.3 Å². The van der Waals surface area contributed by atoms with Gasteiger partial charge >= 0.3 is 6.09 Å². The lowest BCUT2D eigenvalue weighted by Gasteiger charge is -2.36. The average molecular weight is 807 g/mol. The second-order valence-corrected chi connectivity index (χ2v) is 15.2. The van der Waals surface area contributed by atoms with Gasteiger partial charge in [-0.2, -0.15) is 9.78 Å². The van der Waals surface area contributed by atoms with Crippen molar-refractivity contribution in [3.8, 4) is 18.1 Å². The summed E-state index contributed by atoms with van der Waals surface area (Å²) in [7, 11) is 5.19. The number of aromatic nitrogens is 4. The summed E-state index contributed by atoms with van der Waals surface area (Å²) in [6.45, 7) is 7.77. The fraction of sp³-hybridized carbons (Fsp3) is 0.575. The van der Waals surface area contributed by atoms with E-state index in [4.69, 9.17) is 35.1 Å². The predicted molar refractivity (Wildman–Crippen MR) is 210 cm³/mol. The van der Waals surface area contributed by atoms with E-state index in [1.807, 2.05) is 27.9 Å². The number of methoxy groups -OCH3 is 1. The van der Waals surface area contributed by atoms with Crippen molar-refractivity contribution in [3.63, 3.8) is 0 Å². The van der Waals surface area contributed by atoms with Gasteiger partial charge in [0.05, 0.1) is 32.6 Å². The average Bonchev–Trinajstić information content (AvgIpc) is 3.88. The van der Waals surface area contributed by atoms with E-state index in [-0.39, 0.29) is 18.8 Å². The molecule has 18 nitrogen and oxygen atoms in total. The van der Waals surface area contributed by atoms with Crippen molar-refractivity contribution in [1.29, 1.82) is 0 Å². The largest absolute Gasteiger partial charge is 0.497 e. The van der Waals surface area contributed by atoms with E-state index in [1.165, 1.54) is 17.2 Å². The van der Waals surface area contributed by atoms with E-state index < -0.39 is 66.8 Å². The highest BCUT2D eigenvalue weighted by molar-refractivity contribution is 5.86. The topological polar surface area (TPSA) is 213 Å². The number of rotatable bonds is 16. The predicted octanol–water partition coefficient (Wildman–Crippen LogP) is 2.46. The first-order valence-electron chi connectivity index (χ1n) is 19.4. The highest BCUT2D eigenvalue weighted by Crippen LogP contribution is 2.47. The second kappa shape index (κ2) is 18.3. The van der Waals surface area contributed by atoms with E-state index in [1.54, 1.807) is 36.3 Å². The number of anilines is 1. The number of imidazole rings is 1. The van der Waals surface area contributed by atoms with Crippen LogP contribution in [0.3, 0.4) is 0 Å². The third kappa shape index (κ3) is 9.30. The van der Waals surface area contributed by atoms with Crippen molar-refractivity contribution in [3.05, 3.63) is 54.8 Å². The SMILES string of the molecule is C#CCNC(=C)CC(CC)[C@@]1(C)OO[C@@]2(CCCC(OC(=O)N[C@@H](Cc3ccc(OC)cc3)C(=O)N[C@H]3[C@@H](O)[C@H](n4cnc5c(N(C)C)ncnc54)O[C@@H]3CO)C2)O1. The van der Waals surface area contributed by atoms with Crippen molar-refractivity contribution in [2.45, 2.75) is 107 Å². The second-order valence-electron chi connectivity index (χ2n) is 15.2. The van der Waals surface area contributed by atoms with Crippen molar-refractivity contribution in [2.24, 2.45) is 5.92 Å². The summed E-state index contributed by atoms with van der Waals surface area (Å²) in [5, 5.41) is 30.5. The van der Waals surface area contributed by atoms with Gasteiger partial charge in [0, 0.05) is 45.0 Å². The molecule has 1 aromatic carbocycles. The number of fused-ring (bicyclic) bond motifs is 1. The number of benzene rings is 1. The van der Waals surface area contributed by atoms with Gasteiger partial charge in [-0.05, 0) is 50.3 Å². The van der Waals surface area contributed by atoms with Crippen LogP contribution >= 0.6 is 0 Å². The van der Waals surface area contributed by atoms with Gasteiger partial charge in [-0.25, -0.2) is 19.7 Å². The van der Waals surface area contributed by atoms with Gasteiger partial charge < -0.3 is 50.0 Å². The fourth-order valence-electron chi connectivity index (χ4n) is 7.84. The van der Waals surface area contributed by atoms with Crippen LogP contribution in [0.5, 0.6) is 5.75 Å². The van der Waals surface area contributed by atoms with Gasteiger partial charge in [-0.15, -0.1) is 6.42 Å². The lowest BCUT2D eigenvalue weighted by atomic mass is 9.89. The maximum absolute atomic E-state index is 14.1. The monoisotopic (exact) mass is 806 g/mol. The Hall–Kier alpha value is -5.03. The molecule has 2 aromatic heterocycles. The zero-order chi connectivity index (χ0) is 41.6. The standard InChI is InChI=1S/C40H54N8O10/c1-8-17-41-24(3)18-26(9-2)39(4)56-40(58-57-39)16-10-11-28(20-40)54-38(52)45-29(19-25-12-14-27(53-7)15-13-25)36(51)46-31-30(21-49)55-37(33(31)50)48-23-44-32-34(47(5)6)42-22-43-35(32)48/h1,12-15,22-23,26,28-31,33,37,41,49-50H,3,9-11,16-21H2,2,4-7H3,(H,45,52)(H,46,51)/t26?,28?,29-,30+,31+,33+,37+,39+,40+/m0/s1. The molecule has 2 unspecified atom stereocenters. The van der Waals surface area contributed by atoms with Crippen molar-refractivity contribution < 1.29 is 48.5 Å². The first kappa shape index (κ1) is 42.6. The summed E-state index contributed by atoms with van der Waals surface area (Å²) in [5.41, 5.74) is 2.35. The molecule has 9 atom stereocenters. The lowest BCUT2D eigenvalue weighted by molar-refractivity contribution is -0.361. The molecule has 1 spiro atoms. The third-order valence-corrected chi connectivity index (χ3v) is 10.9. The first-order chi connectivity index (χ1) is 27.8. The molecule has 58 heavy (non-hydrogen) atoms. The summed E-state index contributed by atoms with van der Waals surface area (Å²) < 4.78 is 25.3. The van der Waals surface area contributed by atoms with Gasteiger partial charge in [0.1, 0.15) is 36.4 Å². The molecule has 3 fully saturated rings.